The Kier molecular flexibility index (Phi) is 10.8. The number of ketones is 2. The molecule has 326 valence electrons. The molecular formula is C51H63NO9. The number of rotatable bonds is 10. The number of allylic oxidation sites excluding steroid dienone is 2. The Balaban J connectivity index is 1.11. The van der Waals surface area contributed by atoms with E-state index in [0.717, 1.165) is 36.8 Å². The van der Waals surface area contributed by atoms with Crippen LogP contribution in [0, 0.1) is 57.2 Å². The predicted octanol–water partition coefficient (Wildman–Crippen LogP) is 9.43. The standard InChI is InChI=1S/C51H63NO9/c1-31(53)29-52-40-20-21-48(5)39(51(40,8)44(56)58-30-38-32(2)59-45(57)60-38)19-22-50(7)42(48)37(54)27-35-36-28-47(4,24-23-46(36,3)25-26-49(35,50)6)43(55)61-41(33-15-11-9-12-16-33)34-17-13-10-14-18-34/h9-18,27,36,39-42,52H,19-26,28-30H2,1-8H3/t36-,39+,40-,42+,46+,47-,48-,49+,50+,51-/m0/s1. The van der Waals surface area contributed by atoms with Crippen molar-refractivity contribution >= 4 is 23.5 Å². The SMILES string of the molecule is CC(=O)CN[C@H]1CC[C@@]2(C)[C@@H](CC[C@]3(C)[C@@H]2C(=O)C=C2[C@@H]4C[C@@](C)(C(=O)OC(c5ccccc5)c5ccccc5)CC[C@]4(C)CC[C@]23C)[C@]1(C)C(=O)OCc1oc(=O)oc1C. The van der Waals surface area contributed by atoms with Gasteiger partial charge in [0.15, 0.2) is 30.0 Å². The average Bonchev–Trinajstić information content (AvgIpc) is 3.56. The molecule has 1 heterocycles. The smallest absolute Gasteiger partial charge is 0.457 e. The molecule has 0 saturated heterocycles. The topological polar surface area (TPSA) is 142 Å². The zero-order chi connectivity index (χ0) is 43.8. The first-order chi connectivity index (χ1) is 28.8. The van der Waals surface area contributed by atoms with Gasteiger partial charge < -0.3 is 23.6 Å². The molecular weight excluding hydrogens is 771 g/mol. The van der Waals surface area contributed by atoms with Crippen LogP contribution in [0.3, 0.4) is 0 Å². The Bertz CT molecular complexity index is 2260. The van der Waals surface area contributed by atoms with Crippen molar-refractivity contribution in [3.8, 4) is 0 Å². The zero-order valence-electron chi connectivity index (χ0n) is 37.2. The van der Waals surface area contributed by atoms with Gasteiger partial charge in [-0.1, -0.05) is 93.9 Å². The van der Waals surface area contributed by atoms with Crippen LogP contribution >= 0.6 is 0 Å². The summed E-state index contributed by atoms with van der Waals surface area (Å²) in [6.07, 6.45) is 8.27. The third-order valence-electron chi connectivity index (χ3n) is 17.4. The monoisotopic (exact) mass is 833 g/mol. The van der Waals surface area contributed by atoms with Gasteiger partial charge in [0.25, 0.3) is 0 Å². The van der Waals surface area contributed by atoms with Gasteiger partial charge in [0.05, 0.1) is 17.4 Å². The van der Waals surface area contributed by atoms with Crippen LogP contribution in [0.25, 0.3) is 0 Å². The number of carbonyl (C=O) groups is 4. The third-order valence-corrected chi connectivity index (χ3v) is 17.4. The molecule has 10 atom stereocenters. The number of carbonyl (C=O) groups excluding carboxylic acids is 4. The van der Waals surface area contributed by atoms with E-state index < -0.39 is 39.6 Å². The van der Waals surface area contributed by atoms with E-state index in [0.29, 0.717) is 32.1 Å². The van der Waals surface area contributed by atoms with Gasteiger partial charge in [0, 0.05) is 12.0 Å². The lowest BCUT2D eigenvalue weighted by Gasteiger charge is -2.70. The fourth-order valence-electron chi connectivity index (χ4n) is 13.6. The van der Waals surface area contributed by atoms with Crippen LogP contribution in [-0.2, 0) is 35.3 Å². The van der Waals surface area contributed by atoms with Gasteiger partial charge in [0.2, 0.25) is 0 Å². The Hall–Kier alpha value is -4.57. The molecule has 4 saturated carbocycles. The first-order valence-electron chi connectivity index (χ1n) is 22.4. The number of hydrogen-bond donors (Lipinski definition) is 1. The number of fused-ring (bicyclic) bond motifs is 7. The van der Waals surface area contributed by atoms with Crippen molar-refractivity contribution in [3.05, 3.63) is 106 Å². The third kappa shape index (κ3) is 6.90. The number of benzene rings is 2. The zero-order valence-corrected chi connectivity index (χ0v) is 37.2. The summed E-state index contributed by atoms with van der Waals surface area (Å²) in [4.78, 5) is 68.5. The summed E-state index contributed by atoms with van der Waals surface area (Å²) < 4.78 is 22.7. The summed E-state index contributed by atoms with van der Waals surface area (Å²) in [5, 5.41) is 3.41. The normalized spacial score (nSPS) is 36.7. The van der Waals surface area contributed by atoms with Crippen LogP contribution in [0.5, 0.6) is 0 Å². The highest BCUT2D eigenvalue weighted by molar-refractivity contribution is 5.96. The summed E-state index contributed by atoms with van der Waals surface area (Å²) >= 11 is 0. The number of Topliss-reactive ketones (excluding diaryl/α,β-unsaturated/α-hetero) is 1. The number of ether oxygens (including phenoxy) is 2. The van der Waals surface area contributed by atoms with Gasteiger partial charge >= 0.3 is 17.8 Å². The molecule has 2 aromatic carbocycles. The minimum atomic E-state index is -1.10. The van der Waals surface area contributed by atoms with Crippen molar-refractivity contribution in [2.24, 2.45) is 50.2 Å². The van der Waals surface area contributed by atoms with Gasteiger partial charge in [-0.25, -0.2) is 4.79 Å². The Labute approximate surface area is 359 Å². The van der Waals surface area contributed by atoms with Gasteiger partial charge in [0.1, 0.15) is 5.78 Å². The summed E-state index contributed by atoms with van der Waals surface area (Å²) in [6, 6.07) is 19.5. The number of nitrogens with one attached hydrogen (secondary N) is 1. The molecule has 61 heavy (non-hydrogen) atoms. The molecule has 0 aliphatic heterocycles. The maximum atomic E-state index is 15.3. The molecule has 10 nitrogen and oxygen atoms in total. The maximum Gasteiger partial charge on any atom is 0.519 e. The first kappa shape index (κ1) is 43.1. The summed E-state index contributed by atoms with van der Waals surface area (Å²) in [5.41, 5.74) is -0.175. The lowest BCUT2D eigenvalue weighted by molar-refractivity contribution is -0.205. The summed E-state index contributed by atoms with van der Waals surface area (Å²) in [6.45, 7) is 16.2. The molecule has 0 bridgehead atoms. The van der Waals surface area contributed by atoms with Crippen molar-refractivity contribution in [2.75, 3.05) is 6.54 Å². The van der Waals surface area contributed by atoms with Crippen LogP contribution in [-0.4, -0.2) is 36.1 Å². The van der Waals surface area contributed by atoms with Crippen LogP contribution in [0.1, 0.15) is 135 Å². The van der Waals surface area contributed by atoms with E-state index in [1.54, 1.807) is 6.92 Å². The van der Waals surface area contributed by atoms with Crippen molar-refractivity contribution in [1.29, 1.82) is 0 Å². The van der Waals surface area contributed by atoms with Crippen LogP contribution in [0.15, 0.2) is 85.9 Å². The van der Waals surface area contributed by atoms with Crippen LogP contribution in [0.4, 0.5) is 0 Å². The molecule has 3 aromatic rings. The minimum Gasteiger partial charge on any atom is -0.457 e. The summed E-state index contributed by atoms with van der Waals surface area (Å²) in [5.74, 6) is -1.61. The van der Waals surface area contributed by atoms with Crippen molar-refractivity contribution in [3.63, 3.8) is 0 Å². The highest BCUT2D eigenvalue weighted by atomic mass is 16.6. The molecule has 0 amide bonds. The highest BCUT2D eigenvalue weighted by Crippen LogP contribution is 2.75. The van der Waals surface area contributed by atoms with Crippen molar-refractivity contribution < 1.29 is 37.5 Å². The van der Waals surface area contributed by atoms with E-state index in [2.05, 4.69) is 39.9 Å². The molecule has 0 unspecified atom stereocenters. The lowest BCUT2D eigenvalue weighted by atomic mass is 9.33. The van der Waals surface area contributed by atoms with E-state index in [1.165, 1.54) is 12.5 Å². The molecule has 5 aliphatic rings. The average molecular weight is 834 g/mol. The number of esters is 2. The first-order valence-corrected chi connectivity index (χ1v) is 22.4. The van der Waals surface area contributed by atoms with E-state index in [1.807, 2.05) is 73.7 Å². The molecule has 1 aromatic heterocycles. The Morgan fingerprint density at radius 2 is 1.44 bits per heavy atom. The van der Waals surface area contributed by atoms with Crippen LogP contribution in [0.2, 0.25) is 0 Å². The number of hydrogen-bond acceptors (Lipinski definition) is 10. The predicted molar refractivity (Wildman–Crippen MR) is 229 cm³/mol. The van der Waals surface area contributed by atoms with Gasteiger partial charge in [-0.3, -0.25) is 19.2 Å². The molecule has 0 radical (unpaired) electrons. The molecule has 0 spiro atoms. The van der Waals surface area contributed by atoms with Crippen LogP contribution < -0.4 is 11.1 Å². The van der Waals surface area contributed by atoms with E-state index in [-0.39, 0.29) is 76.8 Å². The fraction of sp³-hybridized carbons (Fsp3) is 0.588. The molecule has 5 aliphatic carbocycles. The van der Waals surface area contributed by atoms with E-state index in [9.17, 15) is 19.2 Å². The van der Waals surface area contributed by atoms with Gasteiger partial charge in [-0.05, 0) is 136 Å². The van der Waals surface area contributed by atoms with Crippen molar-refractivity contribution in [1.82, 2.24) is 5.32 Å². The Morgan fingerprint density at radius 3 is 2.05 bits per heavy atom. The molecule has 8 rings (SSSR count). The van der Waals surface area contributed by atoms with E-state index in [4.69, 9.17) is 18.3 Å². The second-order valence-electron chi connectivity index (χ2n) is 20.8. The van der Waals surface area contributed by atoms with Crippen molar-refractivity contribution in [2.45, 2.75) is 132 Å². The number of aryl methyl sites for hydroxylation is 1. The second kappa shape index (κ2) is 15.4. The fourth-order valence-corrected chi connectivity index (χ4v) is 13.6. The molecule has 4 fully saturated rings. The molecule has 10 heteroatoms. The Morgan fingerprint density at radius 1 is 0.803 bits per heavy atom. The molecule has 1 N–H and O–H groups in total. The maximum absolute atomic E-state index is 15.3. The largest absolute Gasteiger partial charge is 0.519 e. The highest BCUT2D eigenvalue weighted by Gasteiger charge is 2.72. The summed E-state index contributed by atoms with van der Waals surface area (Å²) in [7, 11) is 0. The lowest BCUT2D eigenvalue weighted by Crippen LogP contribution is -2.69. The van der Waals surface area contributed by atoms with Gasteiger partial charge in [-0.15, -0.1) is 0 Å². The minimum absolute atomic E-state index is 0.0231. The quantitative estimate of drug-likeness (QED) is 0.196. The second-order valence-corrected chi connectivity index (χ2v) is 20.8. The van der Waals surface area contributed by atoms with Gasteiger partial charge in [-0.2, -0.15) is 0 Å². The van der Waals surface area contributed by atoms with E-state index >= 15 is 4.79 Å².